The smallest absolute Gasteiger partial charge is 0.278 e. The molecule has 3 aromatic rings. The zero-order valence-electron chi connectivity index (χ0n) is 17.8. The number of rotatable bonds is 4. The highest BCUT2D eigenvalue weighted by molar-refractivity contribution is 6.00. The van der Waals surface area contributed by atoms with Crippen molar-refractivity contribution in [3.05, 3.63) is 89.4 Å². The fraction of sp³-hybridized carbons (Fsp3) is 0.208. The second-order valence-electron chi connectivity index (χ2n) is 8.00. The van der Waals surface area contributed by atoms with Gasteiger partial charge in [-0.3, -0.25) is 15.0 Å². The third-order valence-electron chi connectivity index (χ3n) is 4.44. The van der Waals surface area contributed by atoms with Crippen LogP contribution < -0.4 is 10.2 Å². The third kappa shape index (κ3) is 5.25. The summed E-state index contributed by atoms with van der Waals surface area (Å²) in [6.07, 6.45) is 1.51. The van der Waals surface area contributed by atoms with Crippen molar-refractivity contribution in [3.8, 4) is 11.6 Å². The normalized spacial score (nSPS) is 11.0. The van der Waals surface area contributed by atoms with E-state index in [9.17, 15) is 14.0 Å². The molecule has 3 rings (SSSR count). The Morgan fingerprint density at radius 3 is 2.26 bits per heavy atom. The molecule has 0 saturated heterocycles. The minimum Gasteiger partial charge on any atom is -0.438 e. The molecule has 0 spiro atoms. The van der Waals surface area contributed by atoms with Crippen LogP contribution in [0.15, 0.2) is 66.9 Å². The number of hydrogen-bond donors (Lipinski definition) is 1. The maximum absolute atomic E-state index is 14.1. The van der Waals surface area contributed by atoms with E-state index in [1.165, 1.54) is 24.4 Å². The average molecular weight is 421 g/mol. The number of nitrogens with zero attached hydrogens (tertiary/aromatic N) is 2. The lowest BCUT2D eigenvalue weighted by Crippen LogP contribution is -2.56. The van der Waals surface area contributed by atoms with Crippen LogP contribution in [-0.2, 0) is 0 Å². The lowest BCUT2D eigenvalue weighted by molar-refractivity contribution is 0.0354. The van der Waals surface area contributed by atoms with Gasteiger partial charge in [0.1, 0.15) is 17.1 Å². The lowest BCUT2D eigenvalue weighted by Gasteiger charge is -2.35. The Hall–Kier alpha value is -3.74. The maximum atomic E-state index is 14.1. The monoisotopic (exact) mass is 421 g/mol. The van der Waals surface area contributed by atoms with Gasteiger partial charge in [0, 0.05) is 6.20 Å². The summed E-state index contributed by atoms with van der Waals surface area (Å²) in [4.78, 5) is 30.3. The summed E-state index contributed by atoms with van der Waals surface area (Å²) >= 11 is 0. The van der Waals surface area contributed by atoms with Crippen molar-refractivity contribution in [2.45, 2.75) is 33.2 Å². The highest BCUT2D eigenvalue weighted by atomic mass is 19.1. The molecule has 0 aliphatic heterocycles. The van der Waals surface area contributed by atoms with Crippen LogP contribution in [0.4, 0.5) is 4.39 Å². The summed E-state index contributed by atoms with van der Waals surface area (Å²) in [5.41, 5.74) is 2.79. The predicted molar refractivity (Wildman–Crippen MR) is 115 cm³/mol. The standard InChI is InChI=1S/C24H24FN3O3/c1-16-11-13-17(14-12-16)31-22-19(9-7-15-26-22)23(30)28(24(2,3)4)27-21(29)18-8-5-6-10-20(18)25/h5-15H,1-4H3,(H,27,29). The number of nitrogens with one attached hydrogen (secondary N) is 1. The molecule has 0 fully saturated rings. The van der Waals surface area contributed by atoms with Crippen LogP contribution in [0, 0.1) is 12.7 Å². The summed E-state index contributed by atoms with van der Waals surface area (Å²) in [5, 5.41) is 1.15. The Labute approximate surface area is 180 Å². The second-order valence-corrected chi connectivity index (χ2v) is 8.00. The van der Waals surface area contributed by atoms with Crippen LogP contribution in [0.3, 0.4) is 0 Å². The van der Waals surface area contributed by atoms with Gasteiger partial charge in [-0.25, -0.2) is 14.4 Å². The van der Waals surface area contributed by atoms with E-state index in [2.05, 4.69) is 10.4 Å². The van der Waals surface area contributed by atoms with E-state index in [0.717, 1.165) is 10.6 Å². The van der Waals surface area contributed by atoms with Crippen LogP contribution in [0.25, 0.3) is 0 Å². The van der Waals surface area contributed by atoms with Gasteiger partial charge in [0.2, 0.25) is 5.88 Å². The van der Waals surface area contributed by atoms with Gasteiger partial charge in [0.05, 0.1) is 11.1 Å². The number of ether oxygens (including phenoxy) is 1. The SMILES string of the molecule is Cc1ccc(Oc2ncccc2C(=O)N(NC(=O)c2ccccc2F)C(C)(C)C)cc1. The zero-order valence-corrected chi connectivity index (χ0v) is 17.8. The van der Waals surface area contributed by atoms with E-state index in [1.54, 1.807) is 51.1 Å². The fourth-order valence-electron chi connectivity index (χ4n) is 2.80. The summed E-state index contributed by atoms with van der Waals surface area (Å²) in [5.74, 6) is -1.31. The van der Waals surface area contributed by atoms with E-state index < -0.39 is 23.2 Å². The minimum atomic E-state index is -0.811. The first-order valence-electron chi connectivity index (χ1n) is 9.76. The van der Waals surface area contributed by atoms with Crippen molar-refractivity contribution in [1.82, 2.24) is 15.4 Å². The number of aryl methyl sites for hydroxylation is 1. The number of aromatic nitrogens is 1. The van der Waals surface area contributed by atoms with Crippen molar-refractivity contribution in [3.63, 3.8) is 0 Å². The van der Waals surface area contributed by atoms with Gasteiger partial charge in [-0.1, -0.05) is 29.8 Å². The summed E-state index contributed by atoms with van der Waals surface area (Å²) in [7, 11) is 0. The van der Waals surface area contributed by atoms with Crippen molar-refractivity contribution >= 4 is 11.8 Å². The van der Waals surface area contributed by atoms with Crippen molar-refractivity contribution in [1.29, 1.82) is 0 Å². The Balaban J connectivity index is 1.91. The molecule has 2 amide bonds. The van der Waals surface area contributed by atoms with Gasteiger partial charge < -0.3 is 4.74 Å². The molecule has 1 heterocycles. The molecular formula is C24H24FN3O3. The summed E-state index contributed by atoms with van der Waals surface area (Å²) in [6.45, 7) is 7.22. The summed E-state index contributed by atoms with van der Waals surface area (Å²) < 4.78 is 19.9. The molecule has 1 N–H and O–H groups in total. The zero-order chi connectivity index (χ0) is 22.6. The molecule has 1 aromatic heterocycles. The molecule has 0 atom stereocenters. The van der Waals surface area contributed by atoms with Crippen LogP contribution in [0.1, 0.15) is 47.1 Å². The first-order valence-corrected chi connectivity index (χ1v) is 9.76. The first-order chi connectivity index (χ1) is 14.7. The van der Waals surface area contributed by atoms with E-state index in [4.69, 9.17) is 4.74 Å². The molecule has 31 heavy (non-hydrogen) atoms. The van der Waals surface area contributed by atoms with Gasteiger partial charge in [0.25, 0.3) is 11.8 Å². The summed E-state index contributed by atoms with van der Waals surface area (Å²) in [6, 6.07) is 16.1. The Morgan fingerprint density at radius 1 is 0.968 bits per heavy atom. The molecule has 0 saturated carbocycles. The van der Waals surface area contributed by atoms with E-state index in [1.807, 2.05) is 19.1 Å². The third-order valence-corrected chi connectivity index (χ3v) is 4.44. The van der Waals surface area contributed by atoms with Crippen molar-refractivity contribution < 1.29 is 18.7 Å². The molecule has 0 aliphatic carbocycles. The van der Waals surface area contributed by atoms with Crippen LogP contribution in [0.2, 0.25) is 0 Å². The molecular weight excluding hydrogens is 397 g/mol. The number of hydrazine groups is 1. The molecule has 0 bridgehead atoms. The number of amides is 2. The Bertz CT molecular complexity index is 1090. The molecule has 0 radical (unpaired) electrons. The number of carbonyl (C=O) groups excluding carboxylic acids is 2. The average Bonchev–Trinajstić information content (AvgIpc) is 2.73. The highest BCUT2D eigenvalue weighted by Crippen LogP contribution is 2.26. The van der Waals surface area contributed by atoms with Crippen molar-refractivity contribution in [2.75, 3.05) is 0 Å². The largest absolute Gasteiger partial charge is 0.438 e. The number of hydrogen-bond acceptors (Lipinski definition) is 4. The number of benzene rings is 2. The fourth-order valence-corrected chi connectivity index (χ4v) is 2.80. The van der Waals surface area contributed by atoms with Gasteiger partial charge >= 0.3 is 0 Å². The lowest BCUT2D eigenvalue weighted by atomic mass is 10.1. The van der Waals surface area contributed by atoms with Crippen LogP contribution in [-0.4, -0.2) is 27.3 Å². The minimum absolute atomic E-state index is 0.103. The maximum Gasteiger partial charge on any atom is 0.278 e. The second kappa shape index (κ2) is 8.95. The Kier molecular flexibility index (Phi) is 6.34. The number of pyridine rings is 1. The van der Waals surface area contributed by atoms with E-state index in [0.29, 0.717) is 5.75 Å². The Morgan fingerprint density at radius 2 is 1.61 bits per heavy atom. The first kappa shape index (κ1) is 22.0. The number of carbonyl (C=O) groups is 2. The van der Waals surface area contributed by atoms with Gasteiger partial charge in [-0.05, 0) is 64.1 Å². The van der Waals surface area contributed by atoms with Gasteiger partial charge in [-0.2, -0.15) is 0 Å². The van der Waals surface area contributed by atoms with Gasteiger partial charge in [0.15, 0.2) is 0 Å². The van der Waals surface area contributed by atoms with Gasteiger partial charge in [-0.15, -0.1) is 0 Å². The van der Waals surface area contributed by atoms with E-state index >= 15 is 0 Å². The molecule has 0 unspecified atom stereocenters. The quantitative estimate of drug-likeness (QED) is 0.608. The number of halogens is 1. The molecule has 0 aliphatic rings. The van der Waals surface area contributed by atoms with Crippen molar-refractivity contribution in [2.24, 2.45) is 0 Å². The molecule has 2 aromatic carbocycles. The molecule has 7 heteroatoms. The van der Waals surface area contributed by atoms with Crippen LogP contribution in [0.5, 0.6) is 11.6 Å². The highest BCUT2D eigenvalue weighted by Gasteiger charge is 2.32. The molecule has 160 valence electrons. The van der Waals surface area contributed by atoms with Crippen LogP contribution >= 0.6 is 0 Å². The topological polar surface area (TPSA) is 71.5 Å². The molecule has 6 nitrogen and oxygen atoms in total. The predicted octanol–water partition coefficient (Wildman–Crippen LogP) is 4.91. The van der Waals surface area contributed by atoms with E-state index in [-0.39, 0.29) is 17.0 Å².